The van der Waals surface area contributed by atoms with E-state index in [1.165, 1.54) is 16.5 Å². The van der Waals surface area contributed by atoms with Crippen LogP contribution in [0.25, 0.3) is 27.1 Å². The minimum absolute atomic E-state index is 0.00670. The highest BCUT2D eigenvalue weighted by atomic mass is 16.3. The maximum Gasteiger partial charge on any atom is 0.373 e. The monoisotopic (exact) mass is 582 g/mol. The van der Waals surface area contributed by atoms with Crippen molar-refractivity contribution < 1.29 is 24.3 Å². The lowest BCUT2D eigenvalue weighted by atomic mass is 9.66. The molecule has 1 saturated heterocycles. The highest BCUT2D eigenvalue weighted by molar-refractivity contribution is 5.84. The predicted molar refractivity (Wildman–Crippen MR) is 154 cm³/mol. The van der Waals surface area contributed by atoms with E-state index in [1.54, 1.807) is 0 Å². The molecule has 0 amide bonds. The van der Waals surface area contributed by atoms with Crippen molar-refractivity contribution in [3.63, 3.8) is 0 Å². The quantitative estimate of drug-likeness (QED) is 0.330. The largest absolute Gasteiger partial charge is 0.393 e. The first kappa shape index (κ1) is 31.1. The van der Waals surface area contributed by atoms with Gasteiger partial charge in [0.25, 0.3) is 0 Å². The first-order chi connectivity index (χ1) is 20.8. The minimum Gasteiger partial charge on any atom is -0.393 e. The Labute approximate surface area is 249 Å². The van der Waals surface area contributed by atoms with Crippen molar-refractivity contribution in [1.29, 1.82) is 0 Å². The molecule has 6 rings (SSSR count). The lowest BCUT2D eigenvalue weighted by molar-refractivity contribution is -0.193. The molecular formula is C32H34N6O5. The third-order valence-electron chi connectivity index (χ3n) is 8.78. The van der Waals surface area contributed by atoms with Crippen molar-refractivity contribution in [3.8, 4) is 11.3 Å². The fourth-order valence-corrected chi connectivity index (χ4v) is 6.60. The Bertz CT molecular complexity index is 1610. The fourth-order valence-electron chi connectivity index (χ4n) is 6.60. The topological polar surface area (TPSA) is 143 Å². The zero-order chi connectivity index (χ0) is 30.9. The van der Waals surface area contributed by atoms with E-state index in [9.17, 15) is 5.11 Å². The Morgan fingerprint density at radius 3 is 2.47 bits per heavy atom. The molecule has 0 spiro atoms. The number of benzene rings is 2. The maximum atomic E-state index is 10.6. The van der Waals surface area contributed by atoms with Gasteiger partial charge in [-0.1, -0.05) is 60.2 Å². The number of hydrogen-bond donors (Lipinski definition) is 2. The van der Waals surface area contributed by atoms with Crippen LogP contribution in [-0.4, -0.2) is 55.0 Å². The Balaban J connectivity index is 0.000000653. The average Bonchev–Trinajstić information content (AvgIpc) is 3.63. The van der Waals surface area contributed by atoms with Crippen molar-refractivity contribution >= 4 is 23.2 Å². The molecule has 0 unspecified atom stereocenters. The predicted octanol–water partition coefficient (Wildman–Crippen LogP) is 4.41. The van der Waals surface area contributed by atoms with Crippen LogP contribution in [0.4, 0.5) is 0 Å². The van der Waals surface area contributed by atoms with Crippen molar-refractivity contribution in [2.45, 2.75) is 58.2 Å². The normalized spacial score (nSPS) is 22.5. The van der Waals surface area contributed by atoms with Gasteiger partial charge in [0, 0.05) is 28.7 Å². The van der Waals surface area contributed by atoms with Gasteiger partial charge < -0.3 is 10.1 Å². The Kier molecular flexibility index (Phi) is 10.4. The summed E-state index contributed by atoms with van der Waals surface area (Å²) < 4.78 is 1.92. The number of aliphatic hydroxyl groups is 1. The Morgan fingerprint density at radius 2 is 1.77 bits per heavy atom. The van der Waals surface area contributed by atoms with Crippen LogP contribution in [0, 0.1) is 31.2 Å². The van der Waals surface area contributed by atoms with Crippen LogP contribution in [-0.2, 0) is 32.1 Å². The summed E-state index contributed by atoms with van der Waals surface area (Å²) in [6, 6.07) is 16.8. The summed E-state index contributed by atoms with van der Waals surface area (Å²) in [5.41, 5.74) is 6.67. The number of aryl methyl sites for hydroxylation is 3. The van der Waals surface area contributed by atoms with Crippen LogP contribution in [0.3, 0.4) is 0 Å². The summed E-state index contributed by atoms with van der Waals surface area (Å²) in [5.74, 6) is 1.17. The number of fused-ring (bicyclic) bond motifs is 2. The van der Waals surface area contributed by atoms with Crippen LogP contribution < -0.4 is 0 Å². The van der Waals surface area contributed by atoms with E-state index in [2.05, 4.69) is 82.6 Å². The molecular weight excluding hydrogens is 548 g/mol. The highest BCUT2D eigenvalue weighted by Gasteiger charge is 2.46. The van der Waals surface area contributed by atoms with Gasteiger partial charge in [-0.25, -0.2) is 0 Å². The van der Waals surface area contributed by atoms with Gasteiger partial charge in [0.15, 0.2) is 0 Å². The zero-order valence-electron chi connectivity index (χ0n) is 24.1. The van der Waals surface area contributed by atoms with E-state index < -0.39 is 0 Å². The molecule has 1 aliphatic heterocycles. The number of rotatable bonds is 5. The van der Waals surface area contributed by atoms with Gasteiger partial charge in [0.2, 0.25) is 0 Å². The Hall–Kier alpha value is -4.87. The van der Waals surface area contributed by atoms with Crippen molar-refractivity contribution in [2.75, 3.05) is 6.54 Å². The standard InChI is InChI=1S/C30H34N6O.2CO2/c1-19-8-10-21(11-9-19)27-18-35(34-33-27)15-14-24-23-6-4-5-7-26(23)32-30(24)28-16-25-20(2)29(37)13-12-22(25)17-36(28)31-3;2*2-1-3/h4-11,18,20,22,25,28-29,32,37H,12-17H2,1-2H3;;/t20-,22+,25-,28+,29+;;/m1../s1. The first-order valence-corrected chi connectivity index (χ1v) is 14.2. The number of nitrogens with one attached hydrogen (secondary N) is 1. The smallest absolute Gasteiger partial charge is 0.373 e. The second-order valence-corrected chi connectivity index (χ2v) is 11.1. The van der Waals surface area contributed by atoms with Crippen LogP contribution in [0.15, 0.2) is 54.7 Å². The third kappa shape index (κ3) is 6.96. The van der Waals surface area contributed by atoms with Gasteiger partial charge in [0.1, 0.15) is 11.7 Å². The molecule has 11 nitrogen and oxygen atoms in total. The van der Waals surface area contributed by atoms with Gasteiger partial charge in [-0.3, -0.25) is 4.68 Å². The highest BCUT2D eigenvalue weighted by Crippen LogP contribution is 2.47. The van der Waals surface area contributed by atoms with Crippen molar-refractivity contribution in [3.05, 3.63) is 83.1 Å². The number of para-hydroxylation sites is 1. The molecule has 11 heteroatoms. The minimum atomic E-state index is -0.237. The number of H-pyrrole nitrogens is 1. The number of carbonyl (C=O) groups excluding carboxylic acids is 4. The molecule has 1 saturated carbocycles. The van der Waals surface area contributed by atoms with Crippen LogP contribution in [0.2, 0.25) is 0 Å². The molecule has 2 aromatic carbocycles. The second kappa shape index (κ2) is 14.3. The van der Waals surface area contributed by atoms with E-state index in [0.717, 1.165) is 54.7 Å². The van der Waals surface area contributed by atoms with Gasteiger partial charge in [-0.2, -0.15) is 30.7 Å². The molecule has 222 valence electrons. The van der Waals surface area contributed by atoms with Crippen LogP contribution >= 0.6 is 0 Å². The number of aromatic amines is 1. The molecule has 4 aromatic rings. The molecule has 43 heavy (non-hydrogen) atoms. The Morgan fingerprint density at radius 1 is 1.07 bits per heavy atom. The lowest BCUT2D eigenvalue weighted by Gasteiger charge is -2.45. The van der Waals surface area contributed by atoms with E-state index in [4.69, 9.17) is 25.8 Å². The SMILES string of the molecule is O=C=O.O=C=O.[C-]#[N+]N1C[C@@H]2CC[C@H](O)[C@H](C)[C@H]2C[C@H]1c1[nH]c2ccccc2c1CCn1cc(-c2ccc(C)cc2)nn1. The summed E-state index contributed by atoms with van der Waals surface area (Å²) >= 11 is 0. The van der Waals surface area contributed by atoms with Crippen molar-refractivity contribution in [2.24, 2.45) is 17.8 Å². The number of aliphatic hydroxyl groups excluding tert-OH is 1. The summed E-state index contributed by atoms with van der Waals surface area (Å²) in [6.45, 7) is 13.7. The first-order valence-electron chi connectivity index (χ1n) is 14.2. The molecule has 0 bridgehead atoms. The van der Waals surface area contributed by atoms with Crippen LogP contribution in [0.5, 0.6) is 0 Å². The maximum absolute atomic E-state index is 10.6. The summed E-state index contributed by atoms with van der Waals surface area (Å²) in [7, 11) is 0. The molecule has 1 aliphatic carbocycles. The fraction of sp³-hybridized carbons (Fsp3) is 0.406. The van der Waals surface area contributed by atoms with Gasteiger partial charge in [0.05, 0.1) is 18.8 Å². The molecule has 2 aromatic heterocycles. The molecule has 3 heterocycles. The molecule has 2 fully saturated rings. The molecule has 5 atom stereocenters. The van der Waals surface area contributed by atoms with E-state index in [0.29, 0.717) is 18.4 Å². The number of nitrogens with zero attached hydrogens (tertiary/aromatic N) is 5. The number of piperidine rings is 1. The van der Waals surface area contributed by atoms with E-state index in [-0.39, 0.29) is 30.4 Å². The molecule has 0 radical (unpaired) electrons. The van der Waals surface area contributed by atoms with Gasteiger partial charge in [-0.15, -0.1) is 10.1 Å². The lowest BCUT2D eigenvalue weighted by Crippen LogP contribution is -2.47. The van der Waals surface area contributed by atoms with Gasteiger partial charge in [-0.05, 0) is 62.0 Å². The summed E-state index contributed by atoms with van der Waals surface area (Å²) in [4.78, 5) is 40.2. The van der Waals surface area contributed by atoms with E-state index >= 15 is 0 Å². The van der Waals surface area contributed by atoms with Crippen LogP contribution in [0.1, 0.15) is 49.0 Å². The number of hydrogen-bond acceptors (Lipinski definition) is 8. The molecule has 2 N–H and O–H groups in total. The van der Waals surface area contributed by atoms with Crippen molar-refractivity contribution in [1.82, 2.24) is 25.0 Å². The summed E-state index contributed by atoms with van der Waals surface area (Å²) in [6.07, 6.45) is 5.82. The summed E-state index contributed by atoms with van der Waals surface area (Å²) in [5, 5.41) is 22.6. The zero-order valence-corrected chi connectivity index (χ0v) is 24.1. The van der Waals surface area contributed by atoms with Gasteiger partial charge >= 0.3 is 12.3 Å². The second-order valence-electron chi connectivity index (χ2n) is 11.1. The third-order valence-corrected chi connectivity index (χ3v) is 8.78. The molecule has 2 aliphatic rings. The van der Waals surface area contributed by atoms with E-state index in [1.807, 2.05) is 15.9 Å². The number of aromatic nitrogens is 4. The average molecular weight is 583 g/mol.